The zero-order chi connectivity index (χ0) is 33.5. The third-order valence-corrected chi connectivity index (χ3v) is 12.5. The van der Waals surface area contributed by atoms with Gasteiger partial charge in [0, 0.05) is 41.7 Å². The first kappa shape index (κ1) is 30.6. The molecule has 8 aromatic rings. The molecule has 9 rings (SSSR count). The van der Waals surface area contributed by atoms with Gasteiger partial charge in [-0.2, -0.15) is 0 Å². The van der Waals surface area contributed by atoms with Crippen molar-refractivity contribution in [2.24, 2.45) is 0 Å². The third kappa shape index (κ3) is 5.59. The lowest BCUT2D eigenvalue weighted by Gasteiger charge is -2.28. The van der Waals surface area contributed by atoms with Gasteiger partial charge in [0.05, 0.1) is 5.69 Å². The number of thiophene rings is 2. The lowest BCUT2D eigenvalue weighted by atomic mass is 9.82. The fraction of sp³-hybridized carbons (Fsp3) is 0.0638. The van der Waals surface area contributed by atoms with Crippen LogP contribution in [0.25, 0.3) is 52.9 Å². The molecular formula is C47H35NS2. The van der Waals surface area contributed by atoms with E-state index in [9.17, 15) is 0 Å². The topological polar surface area (TPSA) is 3.24 Å². The van der Waals surface area contributed by atoms with E-state index in [0.717, 1.165) is 17.8 Å². The molecule has 0 spiro atoms. The molecule has 3 heteroatoms. The SMILES string of the molecule is C[C@@]1(c2ccc(-c3ccc(N(c4ccc(-c5ccc(-c6ccccc6)s5)cc4)c4cc5ccccc5c5ccccc45)cc3)s2)C=CC=CC1. The number of allylic oxidation sites excluding steroid dienone is 4. The smallest absolute Gasteiger partial charge is 0.0546 e. The molecule has 2 heterocycles. The zero-order valence-corrected chi connectivity index (χ0v) is 29.4. The third-order valence-electron chi connectivity index (χ3n) is 9.89. The monoisotopic (exact) mass is 677 g/mol. The first-order valence-corrected chi connectivity index (χ1v) is 18.8. The molecule has 1 atom stereocenters. The van der Waals surface area contributed by atoms with E-state index < -0.39 is 0 Å². The second-order valence-electron chi connectivity index (χ2n) is 13.2. The highest BCUT2D eigenvalue weighted by Gasteiger charge is 2.25. The first-order chi connectivity index (χ1) is 24.6. The van der Waals surface area contributed by atoms with E-state index >= 15 is 0 Å². The number of benzene rings is 6. The second kappa shape index (κ2) is 12.8. The standard InChI is InChI=1S/C47H35NS2/c1-47(30-10-3-11-31-47)46-29-28-45(50-46)35-20-24-38(25-21-35)48(42-32-36-14-6-7-15-39(36)40-16-8-9-17-41(40)42)37-22-18-34(19-23-37)44-27-26-43(49-44)33-12-4-2-5-13-33/h2-30,32H,31H2,1H3/t47-/m1/s1. The molecule has 1 aliphatic rings. The molecule has 0 bridgehead atoms. The molecule has 0 fully saturated rings. The molecule has 1 nitrogen and oxygen atoms in total. The predicted molar refractivity (Wildman–Crippen MR) is 218 cm³/mol. The van der Waals surface area contributed by atoms with Crippen LogP contribution in [0.3, 0.4) is 0 Å². The van der Waals surface area contributed by atoms with Crippen LogP contribution in [0.1, 0.15) is 18.2 Å². The Morgan fingerprint density at radius 3 is 1.72 bits per heavy atom. The first-order valence-electron chi connectivity index (χ1n) is 17.1. The van der Waals surface area contributed by atoms with E-state index in [1.165, 1.54) is 63.4 Å². The van der Waals surface area contributed by atoms with Crippen molar-refractivity contribution in [2.75, 3.05) is 4.90 Å². The molecule has 0 unspecified atom stereocenters. The van der Waals surface area contributed by atoms with E-state index in [2.05, 4.69) is 194 Å². The molecule has 0 saturated carbocycles. The van der Waals surface area contributed by atoms with Gasteiger partial charge in [-0.15, -0.1) is 22.7 Å². The summed E-state index contributed by atoms with van der Waals surface area (Å²) in [7, 11) is 0. The normalized spacial score (nSPS) is 15.5. The minimum atomic E-state index is 0.0595. The average molecular weight is 678 g/mol. The van der Waals surface area contributed by atoms with Crippen LogP contribution in [-0.2, 0) is 5.41 Å². The molecule has 50 heavy (non-hydrogen) atoms. The van der Waals surface area contributed by atoms with Crippen LogP contribution in [0.15, 0.2) is 182 Å². The Labute approximate surface area is 301 Å². The average Bonchev–Trinajstić information content (AvgIpc) is 3.89. The van der Waals surface area contributed by atoms with E-state index in [0.29, 0.717) is 0 Å². The van der Waals surface area contributed by atoms with Crippen LogP contribution in [0.2, 0.25) is 0 Å². The van der Waals surface area contributed by atoms with E-state index in [1.807, 2.05) is 22.7 Å². The highest BCUT2D eigenvalue weighted by molar-refractivity contribution is 7.18. The maximum Gasteiger partial charge on any atom is 0.0546 e. The Bertz CT molecular complexity index is 2520. The predicted octanol–water partition coefficient (Wildman–Crippen LogP) is 14.4. The highest BCUT2D eigenvalue weighted by Crippen LogP contribution is 2.45. The fourth-order valence-electron chi connectivity index (χ4n) is 7.16. The lowest BCUT2D eigenvalue weighted by molar-refractivity contribution is 0.613. The number of fused-ring (bicyclic) bond motifs is 3. The van der Waals surface area contributed by atoms with Gasteiger partial charge in [0.15, 0.2) is 0 Å². The molecule has 2 aromatic heterocycles. The summed E-state index contributed by atoms with van der Waals surface area (Å²) in [5, 5.41) is 5.00. The van der Waals surface area contributed by atoms with Crippen molar-refractivity contribution < 1.29 is 0 Å². The van der Waals surface area contributed by atoms with Gasteiger partial charge in [-0.05, 0) is 93.9 Å². The Morgan fingerprint density at radius 1 is 0.500 bits per heavy atom. The van der Waals surface area contributed by atoms with Gasteiger partial charge in [0.2, 0.25) is 0 Å². The van der Waals surface area contributed by atoms with E-state index in [1.54, 1.807) is 0 Å². The second-order valence-corrected chi connectivity index (χ2v) is 15.4. The number of hydrogen-bond donors (Lipinski definition) is 0. The zero-order valence-electron chi connectivity index (χ0n) is 27.8. The summed E-state index contributed by atoms with van der Waals surface area (Å²) >= 11 is 3.74. The molecule has 6 aromatic carbocycles. The molecule has 0 radical (unpaired) electrons. The summed E-state index contributed by atoms with van der Waals surface area (Å²) in [5.41, 5.74) is 7.22. The molecule has 240 valence electrons. The molecule has 0 N–H and O–H groups in total. The van der Waals surface area contributed by atoms with Crippen LogP contribution < -0.4 is 4.90 Å². The number of hydrogen-bond acceptors (Lipinski definition) is 3. The van der Waals surface area contributed by atoms with Crippen LogP contribution in [-0.4, -0.2) is 0 Å². The summed E-state index contributed by atoms with van der Waals surface area (Å²) < 4.78 is 0. The fourth-order valence-corrected chi connectivity index (χ4v) is 9.32. The Hall–Kier alpha value is -5.48. The molecule has 0 aliphatic heterocycles. The Balaban J connectivity index is 1.13. The highest BCUT2D eigenvalue weighted by atomic mass is 32.1. The summed E-state index contributed by atoms with van der Waals surface area (Å²) in [5.74, 6) is 0. The maximum atomic E-state index is 2.42. The maximum absolute atomic E-state index is 2.42. The van der Waals surface area contributed by atoms with Gasteiger partial charge >= 0.3 is 0 Å². The van der Waals surface area contributed by atoms with E-state index in [-0.39, 0.29) is 5.41 Å². The lowest BCUT2D eigenvalue weighted by Crippen LogP contribution is -2.17. The van der Waals surface area contributed by atoms with Gasteiger partial charge in [0.1, 0.15) is 0 Å². The van der Waals surface area contributed by atoms with Crippen molar-refractivity contribution in [3.05, 3.63) is 187 Å². The number of nitrogens with zero attached hydrogens (tertiary/aromatic N) is 1. The summed E-state index contributed by atoms with van der Waals surface area (Å²) in [6.07, 6.45) is 9.98. The van der Waals surface area contributed by atoms with Crippen molar-refractivity contribution in [3.63, 3.8) is 0 Å². The van der Waals surface area contributed by atoms with Crippen LogP contribution in [0, 0.1) is 0 Å². The number of anilines is 3. The summed E-state index contributed by atoms with van der Waals surface area (Å²) in [6, 6.07) is 57.8. The summed E-state index contributed by atoms with van der Waals surface area (Å²) in [4.78, 5) is 7.68. The van der Waals surface area contributed by atoms with Crippen molar-refractivity contribution in [2.45, 2.75) is 18.8 Å². The minimum Gasteiger partial charge on any atom is -0.310 e. The van der Waals surface area contributed by atoms with Crippen molar-refractivity contribution in [1.29, 1.82) is 0 Å². The van der Waals surface area contributed by atoms with Crippen molar-refractivity contribution in [3.8, 4) is 31.3 Å². The van der Waals surface area contributed by atoms with Crippen LogP contribution >= 0.6 is 22.7 Å². The number of rotatable bonds is 7. The molecule has 0 saturated heterocycles. The molecular weight excluding hydrogens is 643 g/mol. The molecule has 0 amide bonds. The van der Waals surface area contributed by atoms with Crippen LogP contribution in [0.4, 0.5) is 17.1 Å². The largest absolute Gasteiger partial charge is 0.310 e. The van der Waals surface area contributed by atoms with Gasteiger partial charge < -0.3 is 4.90 Å². The quantitative estimate of drug-likeness (QED) is 0.152. The van der Waals surface area contributed by atoms with Gasteiger partial charge in [-0.3, -0.25) is 0 Å². The molecule has 1 aliphatic carbocycles. The van der Waals surface area contributed by atoms with Gasteiger partial charge in [0.25, 0.3) is 0 Å². The van der Waals surface area contributed by atoms with Crippen LogP contribution in [0.5, 0.6) is 0 Å². The minimum absolute atomic E-state index is 0.0595. The van der Waals surface area contributed by atoms with Gasteiger partial charge in [-0.25, -0.2) is 0 Å². The Kier molecular flexibility index (Phi) is 7.80. The van der Waals surface area contributed by atoms with Crippen molar-refractivity contribution in [1.82, 2.24) is 0 Å². The summed E-state index contributed by atoms with van der Waals surface area (Å²) in [6.45, 7) is 2.34. The Morgan fingerprint density at radius 2 is 1.06 bits per heavy atom. The van der Waals surface area contributed by atoms with Crippen molar-refractivity contribution >= 4 is 61.3 Å². The van der Waals surface area contributed by atoms with E-state index in [4.69, 9.17) is 0 Å². The van der Waals surface area contributed by atoms with Gasteiger partial charge in [-0.1, -0.05) is 134 Å².